The molecule has 130 valence electrons. The second-order valence-electron chi connectivity index (χ2n) is 6.80. The van der Waals surface area contributed by atoms with E-state index in [9.17, 15) is 4.79 Å². The molecule has 0 fully saturated rings. The quantitative estimate of drug-likeness (QED) is 0.807. The van der Waals surface area contributed by atoms with E-state index in [-0.39, 0.29) is 11.7 Å². The van der Waals surface area contributed by atoms with Crippen LogP contribution in [0.25, 0.3) is 16.1 Å². The van der Waals surface area contributed by atoms with Crippen LogP contribution in [0.15, 0.2) is 36.7 Å². The summed E-state index contributed by atoms with van der Waals surface area (Å²) in [5.41, 5.74) is 1.85. The topological polar surface area (TPSA) is 59.2 Å². The first-order chi connectivity index (χ1) is 11.9. The minimum Gasteiger partial charge on any atom is -0.359 e. The average molecular weight is 336 g/mol. The molecule has 1 aromatic heterocycles. The highest BCUT2D eigenvalue weighted by molar-refractivity contribution is 5.87. The Morgan fingerprint density at radius 2 is 1.96 bits per heavy atom. The fourth-order valence-corrected chi connectivity index (χ4v) is 2.37. The zero-order chi connectivity index (χ0) is 18.4. The second-order valence-corrected chi connectivity index (χ2v) is 6.80. The van der Waals surface area contributed by atoms with Crippen LogP contribution in [0.5, 0.6) is 0 Å². The van der Waals surface area contributed by atoms with Crippen molar-refractivity contribution in [3.63, 3.8) is 0 Å². The molecule has 0 saturated heterocycles. The number of carbonyl (C=O) groups excluding carboxylic acids is 1. The zero-order valence-corrected chi connectivity index (χ0v) is 15.2. The van der Waals surface area contributed by atoms with Gasteiger partial charge in [0.15, 0.2) is 5.69 Å². The largest absolute Gasteiger partial charge is 0.359 e. The van der Waals surface area contributed by atoms with Gasteiger partial charge in [-0.25, -0.2) is 0 Å². The predicted octanol–water partition coefficient (Wildman–Crippen LogP) is 4.13. The van der Waals surface area contributed by atoms with Crippen LogP contribution in [0.4, 0.5) is 5.82 Å². The van der Waals surface area contributed by atoms with Gasteiger partial charge in [0.05, 0.1) is 17.8 Å². The minimum atomic E-state index is -0.615. The molecular weight excluding hydrogens is 312 g/mol. The summed E-state index contributed by atoms with van der Waals surface area (Å²) in [6, 6.07) is 7.70. The molecule has 0 aliphatic heterocycles. The normalized spacial score (nSPS) is 12.3. The van der Waals surface area contributed by atoms with E-state index in [2.05, 4.69) is 34.0 Å². The van der Waals surface area contributed by atoms with Crippen LogP contribution in [-0.4, -0.2) is 22.4 Å². The maximum Gasteiger partial charge on any atom is 0.288 e. The van der Waals surface area contributed by atoms with E-state index in [0.29, 0.717) is 18.2 Å². The SMILES string of the molecule is [C-]#[N+]c1cncc(-c2ccc(C(C)(C)C(=O)NCC(C)CC)cc2)n1. The van der Waals surface area contributed by atoms with E-state index in [1.165, 1.54) is 6.20 Å². The van der Waals surface area contributed by atoms with Crippen molar-refractivity contribution in [3.05, 3.63) is 53.6 Å². The zero-order valence-electron chi connectivity index (χ0n) is 15.2. The summed E-state index contributed by atoms with van der Waals surface area (Å²) < 4.78 is 0. The Morgan fingerprint density at radius 1 is 1.28 bits per heavy atom. The number of amides is 1. The predicted molar refractivity (Wildman–Crippen MR) is 99.2 cm³/mol. The summed E-state index contributed by atoms with van der Waals surface area (Å²) >= 11 is 0. The van der Waals surface area contributed by atoms with Crippen molar-refractivity contribution < 1.29 is 4.79 Å². The van der Waals surface area contributed by atoms with Gasteiger partial charge in [-0.15, -0.1) is 4.98 Å². The van der Waals surface area contributed by atoms with Crippen molar-refractivity contribution in [2.24, 2.45) is 5.92 Å². The molecule has 1 unspecified atom stereocenters. The van der Waals surface area contributed by atoms with Crippen molar-refractivity contribution in [3.8, 4) is 11.3 Å². The van der Waals surface area contributed by atoms with Gasteiger partial charge in [-0.2, -0.15) is 0 Å². The summed E-state index contributed by atoms with van der Waals surface area (Å²) in [5, 5.41) is 3.04. The fourth-order valence-electron chi connectivity index (χ4n) is 2.37. The van der Waals surface area contributed by atoms with Gasteiger partial charge in [-0.05, 0) is 25.3 Å². The Morgan fingerprint density at radius 3 is 2.56 bits per heavy atom. The highest BCUT2D eigenvalue weighted by atomic mass is 16.2. The van der Waals surface area contributed by atoms with Crippen LogP contribution >= 0.6 is 0 Å². The third kappa shape index (κ3) is 4.42. The fraction of sp³-hybridized carbons (Fsp3) is 0.400. The highest BCUT2D eigenvalue weighted by Crippen LogP contribution is 2.27. The van der Waals surface area contributed by atoms with Crippen molar-refractivity contribution in [1.29, 1.82) is 0 Å². The Kier molecular flexibility index (Phi) is 5.87. The van der Waals surface area contributed by atoms with E-state index >= 15 is 0 Å². The van der Waals surface area contributed by atoms with Gasteiger partial charge in [-0.3, -0.25) is 9.78 Å². The van der Waals surface area contributed by atoms with Crippen LogP contribution in [0.1, 0.15) is 39.7 Å². The van der Waals surface area contributed by atoms with Gasteiger partial charge in [0.2, 0.25) is 5.91 Å². The van der Waals surface area contributed by atoms with Crippen molar-refractivity contribution in [2.45, 2.75) is 39.5 Å². The Hall–Kier alpha value is -2.74. The summed E-state index contributed by atoms with van der Waals surface area (Å²) in [4.78, 5) is 24.1. The first kappa shape index (κ1) is 18.6. The maximum absolute atomic E-state index is 12.6. The number of nitrogens with zero attached hydrogens (tertiary/aromatic N) is 3. The third-order valence-corrected chi connectivity index (χ3v) is 4.51. The van der Waals surface area contributed by atoms with Gasteiger partial charge in [0.25, 0.3) is 5.82 Å². The Balaban J connectivity index is 2.17. The molecule has 1 N–H and O–H groups in total. The van der Waals surface area contributed by atoms with Crippen molar-refractivity contribution in [2.75, 3.05) is 6.54 Å². The number of rotatable bonds is 6. The monoisotopic (exact) mass is 336 g/mol. The molecular formula is C20H24N4O. The summed E-state index contributed by atoms with van der Waals surface area (Å²) in [5.74, 6) is 0.761. The van der Waals surface area contributed by atoms with E-state index in [1.807, 2.05) is 38.1 Å². The molecule has 2 rings (SSSR count). The first-order valence-electron chi connectivity index (χ1n) is 8.47. The van der Waals surface area contributed by atoms with Gasteiger partial charge >= 0.3 is 0 Å². The van der Waals surface area contributed by atoms with E-state index in [4.69, 9.17) is 6.57 Å². The van der Waals surface area contributed by atoms with Crippen LogP contribution < -0.4 is 5.32 Å². The molecule has 25 heavy (non-hydrogen) atoms. The molecule has 0 radical (unpaired) electrons. The van der Waals surface area contributed by atoms with Crippen LogP contribution in [0, 0.1) is 12.5 Å². The van der Waals surface area contributed by atoms with E-state index in [0.717, 1.165) is 17.5 Å². The molecule has 1 heterocycles. The van der Waals surface area contributed by atoms with Crippen molar-refractivity contribution >= 4 is 11.7 Å². The summed E-state index contributed by atoms with van der Waals surface area (Å²) in [6.07, 6.45) is 4.11. The average Bonchev–Trinajstić information content (AvgIpc) is 2.65. The minimum absolute atomic E-state index is 0.0235. The standard InChI is InChI=1S/C20H24N4O/c1-6-14(2)11-23-19(25)20(3,4)16-9-7-15(8-10-16)17-12-22-13-18(21-5)24-17/h7-10,12-14H,6,11H2,1-4H3,(H,23,25). The molecule has 0 aliphatic rings. The van der Waals surface area contributed by atoms with Gasteiger partial charge < -0.3 is 10.2 Å². The number of benzene rings is 1. The maximum atomic E-state index is 12.6. The molecule has 5 heteroatoms. The molecule has 0 bridgehead atoms. The molecule has 1 atom stereocenters. The molecule has 0 spiro atoms. The lowest BCUT2D eigenvalue weighted by atomic mass is 9.83. The highest BCUT2D eigenvalue weighted by Gasteiger charge is 2.29. The second kappa shape index (κ2) is 7.89. The van der Waals surface area contributed by atoms with E-state index < -0.39 is 5.41 Å². The molecule has 0 aliphatic carbocycles. The molecule has 1 amide bonds. The van der Waals surface area contributed by atoms with Crippen molar-refractivity contribution in [1.82, 2.24) is 15.3 Å². The Labute approximate surface area is 149 Å². The summed E-state index contributed by atoms with van der Waals surface area (Å²) in [6.45, 7) is 15.8. The number of aromatic nitrogens is 2. The number of carbonyl (C=O) groups is 1. The van der Waals surface area contributed by atoms with E-state index in [1.54, 1.807) is 6.20 Å². The lowest BCUT2D eigenvalue weighted by Gasteiger charge is -2.25. The summed E-state index contributed by atoms with van der Waals surface area (Å²) in [7, 11) is 0. The van der Waals surface area contributed by atoms with Crippen LogP contribution in [0.3, 0.4) is 0 Å². The number of hydrogen-bond donors (Lipinski definition) is 1. The smallest absolute Gasteiger partial charge is 0.288 e. The van der Waals surface area contributed by atoms with Gasteiger partial charge in [-0.1, -0.05) is 51.1 Å². The first-order valence-corrected chi connectivity index (χ1v) is 8.47. The third-order valence-electron chi connectivity index (χ3n) is 4.51. The van der Waals surface area contributed by atoms with Crippen LogP contribution in [0.2, 0.25) is 0 Å². The molecule has 0 saturated carbocycles. The Bertz CT molecular complexity index is 775. The van der Waals surface area contributed by atoms with Gasteiger partial charge in [0.1, 0.15) is 0 Å². The molecule has 1 aromatic carbocycles. The molecule has 5 nitrogen and oxygen atoms in total. The lowest BCUT2D eigenvalue weighted by molar-refractivity contribution is -0.125. The number of hydrogen-bond acceptors (Lipinski definition) is 3. The van der Waals surface area contributed by atoms with Gasteiger partial charge in [0, 0.05) is 12.1 Å². The molecule has 2 aromatic rings. The van der Waals surface area contributed by atoms with Crippen LogP contribution in [-0.2, 0) is 10.2 Å². The lowest BCUT2D eigenvalue weighted by Crippen LogP contribution is -2.41. The number of nitrogens with one attached hydrogen (secondary N) is 1.